The van der Waals surface area contributed by atoms with Crippen molar-refractivity contribution in [2.24, 2.45) is 5.92 Å². The predicted octanol–water partition coefficient (Wildman–Crippen LogP) is 3.08. The van der Waals surface area contributed by atoms with Gasteiger partial charge in [0, 0.05) is 6.04 Å². The first-order valence-corrected chi connectivity index (χ1v) is 6.26. The molecule has 0 aliphatic carbocycles. The minimum absolute atomic E-state index is 0.276. The summed E-state index contributed by atoms with van der Waals surface area (Å²) in [5.74, 6) is -0.226. The van der Waals surface area contributed by atoms with Gasteiger partial charge in [0.1, 0.15) is 4.88 Å². The molecular weight excluding hydrogens is 224 g/mol. The second-order valence-corrected chi connectivity index (χ2v) is 5.38. The lowest BCUT2D eigenvalue weighted by Crippen LogP contribution is -2.15. The number of rotatable bonds is 6. The van der Waals surface area contributed by atoms with Crippen LogP contribution in [0.5, 0.6) is 0 Å². The van der Waals surface area contributed by atoms with Crippen LogP contribution in [0.2, 0.25) is 0 Å². The number of hydrogen-bond acceptors (Lipinski definition) is 4. The van der Waals surface area contributed by atoms with Crippen LogP contribution < -0.4 is 5.32 Å². The summed E-state index contributed by atoms with van der Waals surface area (Å²) in [7, 11) is 0. The van der Waals surface area contributed by atoms with E-state index in [-0.39, 0.29) is 4.88 Å². The molecule has 0 bridgehead atoms. The molecule has 1 atom stereocenters. The van der Waals surface area contributed by atoms with Crippen molar-refractivity contribution in [2.75, 3.05) is 5.32 Å². The van der Waals surface area contributed by atoms with E-state index in [2.05, 4.69) is 31.1 Å². The van der Waals surface area contributed by atoms with Crippen molar-refractivity contribution in [3.05, 3.63) is 11.1 Å². The third kappa shape index (κ3) is 4.18. The van der Waals surface area contributed by atoms with Gasteiger partial charge in [0.25, 0.3) is 0 Å². The number of thiazole rings is 1. The van der Waals surface area contributed by atoms with Crippen LogP contribution in [0.4, 0.5) is 5.13 Å². The van der Waals surface area contributed by atoms with Crippen molar-refractivity contribution in [2.45, 2.75) is 39.7 Å². The molecule has 0 aliphatic rings. The number of aromatic nitrogens is 1. The lowest BCUT2D eigenvalue weighted by atomic mass is 10.0. The van der Waals surface area contributed by atoms with E-state index in [1.807, 2.05) is 0 Å². The molecule has 0 fully saturated rings. The van der Waals surface area contributed by atoms with E-state index >= 15 is 0 Å². The molecular formula is C11H18N2O2S. The van der Waals surface area contributed by atoms with Gasteiger partial charge in [-0.25, -0.2) is 9.78 Å². The molecule has 0 saturated carbocycles. The molecule has 0 aromatic carbocycles. The fraction of sp³-hybridized carbons (Fsp3) is 0.636. The van der Waals surface area contributed by atoms with Gasteiger partial charge < -0.3 is 10.4 Å². The smallest absolute Gasteiger partial charge is 0.347 e. The molecule has 5 heteroatoms. The van der Waals surface area contributed by atoms with Crippen molar-refractivity contribution in [3.8, 4) is 0 Å². The van der Waals surface area contributed by atoms with Crippen LogP contribution in [-0.2, 0) is 0 Å². The largest absolute Gasteiger partial charge is 0.477 e. The van der Waals surface area contributed by atoms with Crippen molar-refractivity contribution in [3.63, 3.8) is 0 Å². The van der Waals surface area contributed by atoms with E-state index in [1.54, 1.807) is 0 Å². The summed E-state index contributed by atoms with van der Waals surface area (Å²) in [6.07, 6.45) is 3.62. The Bertz CT molecular complexity index is 350. The van der Waals surface area contributed by atoms with Gasteiger partial charge in [0.15, 0.2) is 5.13 Å². The van der Waals surface area contributed by atoms with Gasteiger partial charge >= 0.3 is 5.97 Å². The minimum atomic E-state index is -0.916. The van der Waals surface area contributed by atoms with E-state index in [1.165, 1.54) is 17.5 Å². The van der Waals surface area contributed by atoms with Gasteiger partial charge in [0.2, 0.25) is 0 Å². The first kappa shape index (κ1) is 13.0. The number of carbonyl (C=O) groups is 1. The van der Waals surface area contributed by atoms with Gasteiger partial charge in [-0.3, -0.25) is 0 Å². The summed E-state index contributed by atoms with van der Waals surface area (Å²) in [6.45, 7) is 6.47. The molecule has 0 amide bonds. The van der Waals surface area contributed by atoms with Crippen LogP contribution >= 0.6 is 11.3 Å². The molecule has 1 aromatic rings. The van der Waals surface area contributed by atoms with Crippen molar-refractivity contribution >= 4 is 22.4 Å². The third-order valence-electron chi connectivity index (χ3n) is 2.26. The zero-order valence-electron chi connectivity index (χ0n) is 9.86. The summed E-state index contributed by atoms with van der Waals surface area (Å²) >= 11 is 1.18. The van der Waals surface area contributed by atoms with E-state index in [4.69, 9.17) is 5.11 Å². The SMILES string of the molecule is CC(C)CCC(C)Nc1ncc(C(=O)O)s1. The van der Waals surface area contributed by atoms with E-state index in [0.29, 0.717) is 17.1 Å². The van der Waals surface area contributed by atoms with E-state index in [0.717, 1.165) is 12.8 Å². The molecule has 0 spiro atoms. The second kappa shape index (κ2) is 5.84. The molecule has 2 N–H and O–H groups in total. The van der Waals surface area contributed by atoms with E-state index in [9.17, 15) is 4.79 Å². The topological polar surface area (TPSA) is 62.2 Å². The molecule has 0 radical (unpaired) electrons. The number of carboxylic acids is 1. The first-order valence-electron chi connectivity index (χ1n) is 5.44. The summed E-state index contributed by atoms with van der Waals surface area (Å²) in [5.41, 5.74) is 0. The normalized spacial score (nSPS) is 12.8. The number of hydrogen-bond donors (Lipinski definition) is 2. The quantitative estimate of drug-likeness (QED) is 0.804. The average Bonchev–Trinajstić information content (AvgIpc) is 2.63. The number of carboxylic acid groups (broad SMARTS) is 1. The van der Waals surface area contributed by atoms with Crippen molar-refractivity contribution in [1.82, 2.24) is 4.98 Å². The standard InChI is InChI=1S/C11H18N2O2S/c1-7(2)4-5-8(3)13-11-12-6-9(16-11)10(14)15/h6-8H,4-5H2,1-3H3,(H,12,13)(H,14,15). The number of anilines is 1. The Morgan fingerprint density at radius 1 is 1.50 bits per heavy atom. The maximum atomic E-state index is 10.7. The van der Waals surface area contributed by atoms with Crippen molar-refractivity contribution < 1.29 is 9.90 Å². The zero-order valence-corrected chi connectivity index (χ0v) is 10.7. The summed E-state index contributed by atoms with van der Waals surface area (Å²) in [6, 6.07) is 0.329. The average molecular weight is 242 g/mol. The highest BCUT2D eigenvalue weighted by Gasteiger charge is 2.10. The highest BCUT2D eigenvalue weighted by molar-refractivity contribution is 7.17. The third-order valence-corrected chi connectivity index (χ3v) is 3.18. The number of nitrogens with zero attached hydrogens (tertiary/aromatic N) is 1. The molecule has 4 nitrogen and oxygen atoms in total. The minimum Gasteiger partial charge on any atom is -0.477 e. The maximum Gasteiger partial charge on any atom is 0.347 e. The number of nitrogens with one attached hydrogen (secondary N) is 1. The van der Waals surface area contributed by atoms with Crippen LogP contribution in [0, 0.1) is 5.92 Å². The van der Waals surface area contributed by atoms with Gasteiger partial charge in [-0.1, -0.05) is 25.2 Å². The number of aromatic carboxylic acids is 1. The molecule has 0 aliphatic heterocycles. The van der Waals surface area contributed by atoms with Crippen LogP contribution in [-0.4, -0.2) is 22.1 Å². The highest BCUT2D eigenvalue weighted by Crippen LogP contribution is 2.20. The predicted molar refractivity (Wildman–Crippen MR) is 66.2 cm³/mol. The Labute approximate surface area is 99.7 Å². The fourth-order valence-corrected chi connectivity index (χ4v) is 2.07. The first-order chi connectivity index (χ1) is 7.49. The zero-order chi connectivity index (χ0) is 12.1. The summed E-state index contributed by atoms with van der Waals surface area (Å²) in [4.78, 5) is 15.0. The molecule has 0 saturated heterocycles. The molecule has 16 heavy (non-hydrogen) atoms. The van der Waals surface area contributed by atoms with E-state index < -0.39 is 5.97 Å². The summed E-state index contributed by atoms with van der Waals surface area (Å²) in [5, 5.41) is 12.7. The van der Waals surface area contributed by atoms with Crippen LogP contribution in [0.25, 0.3) is 0 Å². The molecule has 1 unspecified atom stereocenters. The van der Waals surface area contributed by atoms with Crippen LogP contribution in [0.15, 0.2) is 6.20 Å². The monoisotopic (exact) mass is 242 g/mol. The Kier molecular flexibility index (Phi) is 4.73. The molecule has 90 valence electrons. The highest BCUT2D eigenvalue weighted by atomic mass is 32.1. The Morgan fingerprint density at radius 2 is 2.19 bits per heavy atom. The molecule has 1 aromatic heterocycles. The van der Waals surface area contributed by atoms with Gasteiger partial charge in [-0.2, -0.15) is 0 Å². The van der Waals surface area contributed by atoms with Gasteiger partial charge in [-0.05, 0) is 25.7 Å². The Balaban J connectivity index is 2.43. The van der Waals surface area contributed by atoms with Crippen LogP contribution in [0.3, 0.4) is 0 Å². The molecule has 1 heterocycles. The van der Waals surface area contributed by atoms with Gasteiger partial charge in [-0.15, -0.1) is 0 Å². The maximum absolute atomic E-state index is 10.7. The Hall–Kier alpha value is -1.10. The van der Waals surface area contributed by atoms with Crippen molar-refractivity contribution in [1.29, 1.82) is 0 Å². The lowest BCUT2D eigenvalue weighted by Gasteiger charge is -2.13. The van der Waals surface area contributed by atoms with Crippen LogP contribution in [0.1, 0.15) is 43.3 Å². The Morgan fingerprint density at radius 3 is 2.69 bits per heavy atom. The van der Waals surface area contributed by atoms with Gasteiger partial charge in [0.05, 0.1) is 6.20 Å². The molecule has 1 rings (SSSR count). The summed E-state index contributed by atoms with van der Waals surface area (Å²) < 4.78 is 0. The second-order valence-electron chi connectivity index (χ2n) is 4.35. The lowest BCUT2D eigenvalue weighted by molar-refractivity contribution is 0.0702. The fourth-order valence-electron chi connectivity index (χ4n) is 1.31.